The van der Waals surface area contributed by atoms with Crippen LogP contribution in [0.5, 0.6) is 0 Å². The van der Waals surface area contributed by atoms with Crippen LogP contribution in [0.15, 0.2) is 0 Å². The van der Waals surface area contributed by atoms with E-state index in [0.717, 1.165) is 25.7 Å². The van der Waals surface area contributed by atoms with Crippen LogP contribution in [-0.4, -0.2) is 180 Å². The van der Waals surface area contributed by atoms with E-state index in [2.05, 4.69) is 65.4 Å². The number of nitrogens with one attached hydrogen (secondary N) is 11. The summed E-state index contributed by atoms with van der Waals surface area (Å²) in [5.41, 5.74) is 11.1. The zero-order valence-electron chi connectivity index (χ0n) is 56.3. The van der Waals surface area contributed by atoms with E-state index in [4.69, 9.17) is 11.5 Å². The number of aliphatic hydroxyl groups excluding tert-OH is 1. The quantitative estimate of drug-likeness (QED) is 0.0383. The molecule has 0 bridgehead atoms. The fourth-order valence-corrected chi connectivity index (χ4v) is 10.1. The summed E-state index contributed by atoms with van der Waals surface area (Å²) in [6.07, 6.45) is 20.7. The molecule has 0 spiro atoms. The van der Waals surface area contributed by atoms with Crippen molar-refractivity contribution in [1.82, 2.24) is 58.5 Å². The van der Waals surface area contributed by atoms with Crippen molar-refractivity contribution in [1.29, 1.82) is 0 Å². The first kappa shape index (κ1) is 85.4. The molecule has 0 saturated heterocycles. The van der Waals surface area contributed by atoms with Crippen LogP contribution in [-0.2, 0) is 62.3 Å². The molecule has 0 radical (unpaired) electrons. The number of aliphatic hydroxyl groups is 1. The highest BCUT2D eigenvalue weighted by Gasteiger charge is 2.35. The first-order valence-electron chi connectivity index (χ1n) is 33.2. The number of thioether (sulfide) groups is 1. The number of carbonyl (C=O) groups excluding carboxylic acids is 12. The van der Waals surface area contributed by atoms with Crippen molar-refractivity contribution >= 4 is 88.6 Å². The predicted octanol–water partition coefficient (Wildman–Crippen LogP) is 1.47. The fourth-order valence-electron chi connectivity index (χ4n) is 9.65. The second kappa shape index (κ2) is 50.9. The number of amides is 12. The van der Waals surface area contributed by atoms with Gasteiger partial charge in [-0.1, -0.05) is 151 Å². The van der Waals surface area contributed by atoms with Crippen molar-refractivity contribution in [3.63, 3.8) is 0 Å². The van der Waals surface area contributed by atoms with Crippen LogP contribution < -0.4 is 70.0 Å². The van der Waals surface area contributed by atoms with Crippen LogP contribution in [0.25, 0.3) is 0 Å². The number of primary amides is 1. The Morgan fingerprint density at radius 1 is 0.435 bits per heavy atom. The highest BCUT2D eigenvalue weighted by molar-refractivity contribution is 7.98. The van der Waals surface area contributed by atoms with Gasteiger partial charge >= 0.3 is 5.97 Å². The van der Waals surface area contributed by atoms with E-state index in [9.17, 15) is 72.5 Å². The molecule has 0 aliphatic heterocycles. The fraction of sp³-hybridized carbons (Fsp3) is 0.794. The van der Waals surface area contributed by atoms with Crippen LogP contribution in [0, 0.1) is 17.8 Å². The molecule has 12 amide bonds. The van der Waals surface area contributed by atoms with Gasteiger partial charge < -0.3 is 80.2 Å². The second-order valence-electron chi connectivity index (χ2n) is 24.3. The molecule has 92 heavy (non-hydrogen) atoms. The number of aliphatic carboxylic acids is 1. The Bertz CT molecular complexity index is 2280. The average molecular weight is 1330 g/mol. The van der Waals surface area contributed by atoms with Gasteiger partial charge in [0.15, 0.2) is 0 Å². The number of rotatable bonds is 54. The highest BCUT2D eigenvalue weighted by Crippen LogP contribution is 2.16. The van der Waals surface area contributed by atoms with Crippen LogP contribution in [0.1, 0.15) is 209 Å². The zero-order valence-corrected chi connectivity index (χ0v) is 57.1. The molecule has 0 unspecified atom stereocenters. The minimum absolute atomic E-state index is 0.0312. The summed E-state index contributed by atoms with van der Waals surface area (Å²) in [5.74, 6) is -11.7. The molecule has 528 valence electrons. The normalized spacial score (nSPS) is 14.4. The van der Waals surface area contributed by atoms with Crippen LogP contribution in [0.3, 0.4) is 0 Å². The smallest absolute Gasteiger partial charge is 0.326 e. The van der Waals surface area contributed by atoms with Gasteiger partial charge in [-0.25, -0.2) is 4.79 Å². The summed E-state index contributed by atoms with van der Waals surface area (Å²) in [7, 11) is 0. The molecule has 0 rings (SSSR count). The largest absolute Gasteiger partial charge is 0.480 e. The Kier molecular flexibility index (Phi) is 47.2. The minimum atomic E-state index is -1.71. The van der Waals surface area contributed by atoms with E-state index in [-0.39, 0.29) is 44.1 Å². The molecule has 28 nitrogen and oxygen atoms in total. The number of unbranched alkanes of at least 4 members (excludes halogenated alkanes) is 15. The van der Waals surface area contributed by atoms with E-state index >= 15 is 0 Å². The number of hydrogen-bond acceptors (Lipinski definition) is 16. The zero-order chi connectivity index (χ0) is 69.6. The summed E-state index contributed by atoms with van der Waals surface area (Å²) >= 11 is 1.41. The Balaban J connectivity index is 5.61. The Morgan fingerprint density at radius 2 is 0.880 bits per heavy atom. The molecule has 17 N–H and O–H groups in total. The summed E-state index contributed by atoms with van der Waals surface area (Å²) in [5, 5.41) is 46.9. The lowest BCUT2D eigenvalue weighted by molar-refractivity contribution is -0.142. The third-order valence-electron chi connectivity index (χ3n) is 15.7. The SMILES string of the molecule is CCCCCCCCCCCCCCCCCC(=O)NCC(=O)N[C@@H](CO)C(=O)N[C@@H](CC(N)=O)C(=O)N[C@@H](CCCCN)C(=O)NCC(=O)N[C@@H](C)C(=O)N[C@H](C(=O)N[C@H](C(=O)NCC(=O)N[C@@H](CC(C)C)C(=O)N[C@@H](CCSC)C(=O)O)[C@@H](C)CC)[C@@H](C)CC. The molecule has 0 heterocycles. The van der Waals surface area contributed by atoms with Gasteiger partial charge in [0, 0.05) is 6.42 Å². The molecule has 0 aliphatic carbocycles. The number of nitrogens with two attached hydrogens (primary N) is 2. The van der Waals surface area contributed by atoms with Gasteiger partial charge in [-0.3, -0.25) is 57.5 Å². The number of carboxylic acid groups (broad SMARTS) is 1. The Morgan fingerprint density at radius 3 is 1.37 bits per heavy atom. The van der Waals surface area contributed by atoms with E-state index < -0.39 is 164 Å². The van der Waals surface area contributed by atoms with Gasteiger partial charge in [0.05, 0.1) is 32.7 Å². The molecule has 29 heteroatoms. The van der Waals surface area contributed by atoms with Gasteiger partial charge in [-0.2, -0.15) is 11.8 Å². The monoisotopic (exact) mass is 1330 g/mol. The van der Waals surface area contributed by atoms with Crippen molar-refractivity contribution in [2.24, 2.45) is 29.2 Å². The predicted molar refractivity (Wildman–Crippen MR) is 352 cm³/mol. The molecule has 0 aromatic carbocycles. The maximum absolute atomic E-state index is 14.0. The van der Waals surface area contributed by atoms with Gasteiger partial charge in [0.2, 0.25) is 70.9 Å². The van der Waals surface area contributed by atoms with Gasteiger partial charge in [0.1, 0.15) is 48.3 Å². The maximum Gasteiger partial charge on any atom is 0.326 e. The van der Waals surface area contributed by atoms with Crippen molar-refractivity contribution in [2.45, 2.75) is 258 Å². The molecule has 0 fully saturated rings. The Labute approximate surface area is 549 Å². The lowest BCUT2D eigenvalue weighted by Gasteiger charge is -2.29. The lowest BCUT2D eigenvalue weighted by Crippen LogP contribution is -2.60. The summed E-state index contributed by atoms with van der Waals surface area (Å²) < 4.78 is 0. The Hall–Kier alpha value is -6.62. The number of carbonyl (C=O) groups is 13. The third kappa shape index (κ3) is 39.0. The first-order valence-corrected chi connectivity index (χ1v) is 34.6. The van der Waals surface area contributed by atoms with Crippen molar-refractivity contribution in [2.75, 3.05) is 44.8 Å². The lowest BCUT2D eigenvalue weighted by atomic mass is 9.94. The average Bonchev–Trinajstić information content (AvgIpc) is 1.28. The summed E-state index contributed by atoms with van der Waals surface area (Å²) in [6.45, 7) is 11.6. The first-order chi connectivity index (χ1) is 43.7. The van der Waals surface area contributed by atoms with E-state index in [1.54, 1.807) is 34.0 Å². The molecule has 10 atom stereocenters. The van der Waals surface area contributed by atoms with Crippen molar-refractivity contribution in [3.8, 4) is 0 Å². The standard InChI is InChI=1S/C63H115N13O15S/c1-10-13-14-15-16-17-18-19-20-21-22-23-24-25-26-30-50(79)66-36-52(81)71-48(39-77)60(87)74-47(35-49(65)78)59(86)72-44(29-27-28-32-64)57(84)67-37-51(80)69-43(8)56(83)75-55(42(7)12-3)62(89)76-54(41(6)11-2)61(88)68-38-53(82)70-46(34-40(4)5)58(85)73-45(63(90)91)31-33-92-9/h40-48,54-55,77H,10-39,64H2,1-9H3,(H2,65,78)(H,66,79)(H,67,84)(H,68,88)(H,69,80)(H,70,82)(H,71,81)(H,72,86)(H,73,85)(H,74,87)(H,75,83)(H,76,89)(H,90,91)/t41-,42-,43-,44-,45-,46-,47-,48-,54-,55-/m0/s1. The molecular weight excluding hydrogens is 1210 g/mol. The van der Waals surface area contributed by atoms with Crippen molar-refractivity contribution < 1.29 is 72.5 Å². The van der Waals surface area contributed by atoms with E-state index in [1.165, 1.54) is 82.9 Å². The summed E-state index contributed by atoms with van der Waals surface area (Å²) in [4.78, 5) is 170. The van der Waals surface area contributed by atoms with Crippen LogP contribution in [0.4, 0.5) is 0 Å². The van der Waals surface area contributed by atoms with Gasteiger partial charge in [0.25, 0.3) is 0 Å². The van der Waals surface area contributed by atoms with E-state index in [0.29, 0.717) is 37.9 Å². The van der Waals surface area contributed by atoms with Gasteiger partial charge in [-0.15, -0.1) is 0 Å². The number of carboxylic acids is 1. The maximum atomic E-state index is 14.0. The third-order valence-corrected chi connectivity index (χ3v) is 16.3. The molecule has 0 aliphatic rings. The molecular formula is C63H115N13O15S. The number of hydrogen-bond donors (Lipinski definition) is 15. The van der Waals surface area contributed by atoms with Crippen LogP contribution >= 0.6 is 11.8 Å². The highest BCUT2D eigenvalue weighted by atomic mass is 32.2. The van der Waals surface area contributed by atoms with Gasteiger partial charge in [-0.05, 0) is 81.8 Å². The van der Waals surface area contributed by atoms with Crippen molar-refractivity contribution in [3.05, 3.63) is 0 Å². The summed E-state index contributed by atoms with van der Waals surface area (Å²) in [6, 6.07) is -10.7. The van der Waals surface area contributed by atoms with E-state index in [1.807, 2.05) is 13.8 Å². The second-order valence-corrected chi connectivity index (χ2v) is 25.2. The molecule has 0 aromatic heterocycles. The molecule has 0 aromatic rings. The topological polar surface area (TPSA) is 447 Å². The minimum Gasteiger partial charge on any atom is -0.480 e. The molecule has 0 saturated carbocycles. The van der Waals surface area contributed by atoms with Crippen LogP contribution in [0.2, 0.25) is 0 Å².